The second kappa shape index (κ2) is 6.41. The minimum Gasteiger partial charge on any atom is -0.345 e. The first-order valence-corrected chi connectivity index (χ1v) is 9.53. The molecule has 3 heterocycles. The lowest BCUT2D eigenvalue weighted by Crippen LogP contribution is -2.15. The lowest BCUT2D eigenvalue weighted by Gasteiger charge is -2.16. The maximum Gasteiger partial charge on any atom is 0.416 e. The predicted molar refractivity (Wildman–Crippen MR) is 97.7 cm³/mol. The smallest absolute Gasteiger partial charge is 0.345 e. The van der Waals surface area contributed by atoms with E-state index in [1.807, 2.05) is 0 Å². The highest BCUT2D eigenvalue weighted by molar-refractivity contribution is 7.93. The summed E-state index contributed by atoms with van der Waals surface area (Å²) in [5.74, 6) is 0. The van der Waals surface area contributed by atoms with Gasteiger partial charge in [-0.3, -0.25) is 4.72 Å². The summed E-state index contributed by atoms with van der Waals surface area (Å²) in [6.45, 7) is 0. The third-order valence-electron chi connectivity index (χ3n) is 4.15. The van der Waals surface area contributed by atoms with Gasteiger partial charge in [0.15, 0.2) is 0 Å². The van der Waals surface area contributed by atoms with E-state index >= 15 is 0 Å². The zero-order valence-electron chi connectivity index (χ0n) is 14.1. The number of sulfonamides is 1. The van der Waals surface area contributed by atoms with E-state index in [1.165, 1.54) is 23.0 Å². The Balaban J connectivity index is 1.83. The number of anilines is 1. The molecular weight excluding hydrogens is 393 g/mol. The van der Waals surface area contributed by atoms with E-state index in [0.29, 0.717) is 11.0 Å². The van der Waals surface area contributed by atoms with Gasteiger partial charge in [0.1, 0.15) is 10.5 Å². The van der Waals surface area contributed by atoms with Gasteiger partial charge in [-0.1, -0.05) is 0 Å². The molecule has 2 N–H and O–H groups in total. The molecule has 1 aromatic carbocycles. The Morgan fingerprint density at radius 1 is 1.07 bits per heavy atom. The molecule has 0 saturated heterocycles. The molecule has 0 spiro atoms. The van der Waals surface area contributed by atoms with Gasteiger partial charge in [-0.25, -0.2) is 13.4 Å². The van der Waals surface area contributed by atoms with Crippen LogP contribution in [0.4, 0.5) is 18.9 Å². The molecule has 6 nitrogen and oxygen atoms in total. The fourth-order valence-electron chi connectivity index (χ4n) is 2.87. The Bertz CT molecular complexity index is 1250. The van der Waals surface area contributed by atoms with Gasteiger partial charge >= 0.3 is 6.18 Å². The van der Waals surface area contributed by atoms with Crippen LogP contribution in [0.25, 0.3) is 16.7 Å². The van der Waals surface area contributed by atoms with Crippen molar-refractivity contribution in [1.82, 2.24) is 14.5 Å². The highest BCUT2D eigenvalue weighted by atomic mass is 32.2. The van der Waals surface area contributed by atoms with Gasteiger partial charge in [-0.15, -0.1) is 0 Å². The number of alkyl halides is 3. The summed E-state index contributed by atoms with van der Waals surface area (Å²) in [7, 11) is -4.17. The number of aromatic nitrogens is 3. The van der Waals surface area contributed by atoms with Crippen molar-refractivity contribution in [3.05, 3.63) is 72.8 Å². The second-order valence-corrected chi connectivity index (χ2v) is 7.63. The van der Waals surface area contributed by atoms with E-state index in [-0.39, 0.29) is 16.3 Å². The zero-order valence-corrected chi connectivity index (χ0v) is 14.9. The maximum absolute atomic E-state index is 13.2. The van der Waals surface area contributed by atoms with E-state index in [2.05, 4.69) is 14.7 Å². The van der Waals surface area contributed by atoms with Gasteiger partial charge in [0, 0.05) is 30.2 Å². The molecule has 4 aromatic rings. The largest absolute Gasteiger partial charge is 0.416 e. The van der Waals surface area contributed by atoms with Crippen LogP contribution in [0.5, 0.6) is 0 Å². The molecule has 0 aliphatic carbocycles. The highest BCUT2D eigenvalue weighted by Crippen LogP contribution is 2.34. The molecule has 0 saturated carbocycles. The van der Waals surface area contributed by atoms with E-state index < -0.39 is 21.8 Å². The quantitative estimate of drug-likeness (QED) is 0.534. The minimum absolute atomic E-state index is 0.105. The van der Waals surface area contributed by atoms with Gasteiger partial charge in [0.2, 0.25) is 0 Å². The number of hydrogen-bond acceptors (Lipinski definition) is 3. The average Bonchev–Trinajstić information content (AvgIpc) is 3.30. The van der Waals surface area contributed by atoms with Gasteiger partial charge in [-0.2, -0.15) is 13.2 Å². The number of nitrogens with one attached hydrogen (secondary N) is 2. The summed E-state index contributed by atoms with van der Waals surface area (Å²) in [5.41, 5.74) is -0.525. The fourth-order valence-corrected chi connectivity index (χ4v) is 4.10. The van der Waals surface area contributed by atoms with Crippen LogP contribution in [-0.4, -0.2) is 23.0 Å². The number of hydrogen-bond donors (Lipinski definition) is 2. The van der Waals surface area contributed by atoms with Crippen LogP contribution >= 0.6 is 0 Å². The van der Waals surface area contributed by atoms with Gasteiger partial charge < -0.3 is 9.55 Å². The topological polar surface area (TPSA) is 79.8 Å². The zero-order chi connectivity index (χ0) is 19.9. The summed E-state index contributed by atoms with van der Waals surface area (Å²) in [6.07, 6.45) is 1.36. The molecule has 4 rings (SSSR count). The average molecular weight is 406 g/mol. The molecule has 3 aromatic heterocycles. The van der Waals surface area contributed by atoms with Crippen LogP contribution in [0.1, 0.15) is 5.56 Å². The number of rotatable bonds is 4. The lowest BCUT2D eigenvalue weighted by molar-refractivity contribution is -0.137. The Morgan fingerprint density at radius 3 is 2.54 bits per heavy atom. The monoisotopic (exact) mass is 406 g/mol. The number of fused-ring (bicyclic) bond motifs is 1. The van der Waals surface area contributed by atoms with Crippen LogP contribution in [0.15, 0.2) is 72.1 Å². The first kappa shape index (κ1) is 18.1. The van der Waals surface area contributed by atoms with Gasteiger partial charge in [0.25, 0.3) is 10.0 Å². The van der Waals surface area contributed by atoms with Crippen LogP contribution in [0.2, 0.25) is 0 Å². The van der Waals surface area contributed by atoms with E-state index in [9.17, 15) is 21.6 Å². The molecule has 0 bridgehead atoms. The van der Waals surface area contributed by atoms with Crippen LogP contribution in [0, 0.1) is 0 Å². The second-order valence-electron chi connectivity index (χ2n) is 5.98. The molecule has 144 valence electrons. The molecule has 10 heteroatoms. The molecule has 0 fully saturated rings. The van der Waals surface area contributed by atoms with E-state index in [1.54, 1.807) is 36.7 Å². The third kappa shape index (κ3) is 3.22. The Hall–Kier alpha value is -3.27. The number of H-pyrrole nitrogens is 1. The predicted octanol–water partition coefficient (Wildman–Crippen LogP) is 4.17. The van der Waals surface area contributed by atoms with E-state index in [4.69, 9.17) is 0 Å². The van der Waals surface area contributed by atoms with Crippen LogP contribution in [-0.2, 0) is 16.2 Å². The normalized spacial score (nSPS) is 12.4. The van der Waals surface area contributed by atoms with Gasteiger partial charge in [0.05, 0.1) is 16.9 Å². The molecular formula is C18H13F3N4O2S. The van der Waals surface area contributed by atoms with E-state index in [0.717, 1.165) is 12.1 Å². The van der Waals surface area contributed by atoms with Crippen molar-refractivity contribution in [2.45, 2.75) is 11.1 Å². The van der Waals surface area contributed by atoms with Crippen molar-refractivity contribution in [1.29, 1.82) is 0 Å². The third-order valence-corrected chi connectivity index (χ3v) is 5.56. The number of aromatic amines is 1. The van der Waals surface area contributed by atoms with Gasteiger partial charge in [-0.05, 0) is 42.5 Å². The standard InChI is InChI=1S/C18H13F3N4O2S/c19-18(20,21)12-5-6-15(25-8-1-2-9-25)14(10-12)24-28(26,27)16-11-23-17-13(16)4-3-7-22-17/h1-11,24H,(H,22,23). The summed E-state index contributed by atoms with van der Waals surface area (Å²) in [5, 5.41) is 0.337. The van der Waals surface area contributed by atoms with Crippen molar-refractivity contribution >= 4 is 26.7 Å². The Labute approximate surface area is 157 Å². The fraction of sp³-hybridized carbons (Fsp3) is 0.0556. The SMILES string of the molecule is O=S(=O)(Nc1cc(C(F)(F)F)ccc1-n1cccc1)c1c[nH]c2ncccc12. The number of benzene rings is 1. The van der Waals surface area contributed by atoms with Crippen molar-refractivity contribution in [2.75, 3.05) is 4.72 Å². The molecule has 0 atom stereocenters. The maximum atomic E-state index is 13.2. The summed E-state index contributed by atoms with van der Waals surface area (Å²) >= 11 is 0. The molecule has 0 aliphatic heterocycles. The molecule has 0 radical (unpaired) electrons. The first-order valence-electron chi connectivity index (χ1n) is 8.05. The lowest BCUT2D eigenvalue weighted by atomic mass is 10.1. The molecule has 0 unspecified atom stereocenters. The number of halogens is 3. The summed E-state index contributed by atoms with van der Waals surface area (Å²) < 4.78 is 69.1. The van der Waals surface area contributed by atoms with Crippen molar-refractivity contribution in [2.24, 2.45) is 0 Å². The van der Waals surface area contributed by atoms with Crippen molar-refractivity contribution < 1.29 is 21.6 Å². The molecule has 0 aliphatic rings. The highest BCUT2D eigenvalue weighted by Gasteiger charge is 2.32. The minimum atomic E-state index is -4.61. The molecule has 0 amide bonds. The number of pyridine rings is 1. The first-order chi connectivity index (χ1) is 13.3. The summed E-state index contributed by atoms with van der Waals surface area (Å²) in [4.78, 5) is 6.66. The summed E-state index contributed by atoms with van der Waals surface area (Å²) in [6, 6.07) is 9.40. The Morgan fingerprint density at radius 2 is 1.82 bits per heavy atom. The van der Waals surface area contributed by atoms with Crippen LogP contribution < -0.4 is 4.72 Å². The van der Waals surface area contributed by atoms with Crippen molar-refractivity contribution in [3.63, 3.8) is 0 Å². The van der Waals surface area contributed by atoms with Crippen LogP contribution in [0.3, 0.4) is 0 Å². The Kier molecular flexibility index (Phi) is 4.15. The molecule has 28 heavy (non-hydrogen) atoms. The van der Waals surface area contributed by atoms with Crippen molar-refractivity contribution in [3.8, 4) is 5.69 Å². The number of nitrogens with zero attached hydrogens (tertiary/aromatic N) is 2.